The third-order valence-electron chi connectivity index (χ3n) is 6.79. The van der Waals surface area contributed by atoms with Crippen LogP contribution >= 0.6 is 22.6 Å². The molecule has 5 atom stereocenters. The van der Waals surface area contributed by atoms with E-state index in [2.05, 4.69) is 0 Å². The topological polar surface area (TPSA) is 127 Å². The maximum atomic E-state index is 13.3. The lowest BCUT2D eigenvalue weighted by atomic mass is 9.98. The van der Waals surface area contributed by atoms with Gasteiger partial charge in [0.1, 0.15) is 30.3 Å². The zero-order chi connectivity index (χ0) is 31.6. The van der Waals surface area contributed by atoms with E-state index in [1.54, 1.807) is 42.5 Å². The molecule has 4 aromatic carbocycles. The number of esters is 2. The van der Waals surface area contributed by atoms with Crippen LogP contribution in [-0.4, -0.2) is 51.7 Å². The van der Waals surface area contributed by atoms with Crippen LogP contribution in [0.5, 0.6) is 11.5 Å². The molecule has 10 nitrogen and oxygen atoms in total. The van der Waals surface area contributed by atoms with Gasteiger partial charge in [-0.15, -0.1) is 0 Å². The Hall–Kier alpha value is -4.30. The zero-order valence-corrected chi connectivity index (χ0v) is 25.9. The van der Waals surface area contributed by atoms with E-state index in [0.29, 0.717) is 0 Å². The summed E-state index contributed by atoms with van der Waals surface area (Å²) in [4.78, 5) is 37.9. The number of rotatable bonds is 11. The van der Waals surface area contributed by atoms with Crippen LogP contribution in [0.3, 0.4) is 0 Å². The van der Waals surface area contributed by atoms with E-state index < -0.39 is 46.6 Å². The number of aliphatic hydroxyl groups excluding tert-OH is 1. The van der Waals surface area contributed by atoms with Gasteiger partial charge in [-0.3, -0.25) is 0 Å². The van der Waals surface area contributed by atoms with Gasteiger partial charge in [-0.1, -0.05) is 78.9 Å². The van der Waals surface area contributed by atoms with Crippen molar-refractivity contribution >= 4 is 38.5 Å². The summed E-state index contributed by atoms with van der Waals surface area (Å²) in [7, 11) is 0. The number of carbonyl (C=O) groups excluding carboxylic acids is 3. The van der Waals surface area contributed by atoms with Crippen LogP contribution in [0.15, 0.2) is 115 Å². The fourth-order valence-electron chi connectivity index (χ4n) is 4.59. The lowest BCUT2D eigenvalue weighted by Crippen LogP contribution is -2.63. The predicted octanol–water partition coefficient (Wildman–Crippen LogP) is 5.64. The Morgan fingerprint density at radius 3 is 1.87 bits per heavy atom. The van der Waals surface area contributed by atoms with E-state index in [1.807, 2.05) is 48.5 Å². The highest BCUT2D eigenvalue weighted by Crippen LogP contribution is 2.31. The Labute approximate surface area is 272 Å². The van der Waals surface area contributed by atoms with Crippen molar-refractivity contribution in [3.05, 3.63) is 132 Å². The molecule has 0 radical (unpaired) electrons. The highest BCUT2D eigenvalue weighted by molar-refractivity contribution is 14.1. The minimum absolute atomic E-state index is 0.0246. The molecule has 0 bridgehead atoms. The summed E-state index contributed by atoms with van der Waals surface area (Å²) in [6.07, 6.45) is -7.18. The van der Waals surface area contributed by atoms with Crippen LogP contribution in [0.4, 0.5) is 4.79 Å². The van der Waals surface area contributed by atoms with Crippen molar-refractivity contribution in [1.29, 1.82) is 0 Å². The van der Waals surface area contributed by atoms with E-state index in [9.17, 15) is 19.5 Å². The minimum atomic E-state index is -1.60. The van der Waals surface area contributed by atoms with E-state index in [-0.39, 0.29) is 30.3 Å². The molecule has 0 saturated carbocycles. The maximum absolute atomic E-state index is 13.3. The molecule has 4 aromatic rings. The van der Waals surface area contributed by atoms with Gasteiger partial charge >= 0.3 is 15.9 Å². The van der Waals surface area contributed by atoms with Crippen molar-refractivity contribution in [1.82, 2.24) is 0 Å². The quantitative estimate of drug-likeness (QED) is 0.118. The second-order valence-electron chi connectivity index (χ2n) is 9.94. The fraction of sp³-hybridized carbons (Fsp3) is 0.206. The number of hydrogen-bond donors (Lipinski definition) is 1. The first kappa shape index (κ1) is 32.1. The molecule has 5 unspecified atom stereocenters. The molecule has 1 aliphatic heterocycles. The van der Waals surface area contributed by atoms with Gasteiger partial charge in [0.25, 0.3) is 0 Å². The Bertz CT molecular complexity index is 1550. The normalized spacial score (nSPS) is 20.9. The van der Waals surface area contributed by atoms with Crippen molar-refractivity contribution in [2.24, 2.45) is 0 Å². The fourth-order valence-corrected chi connectivity index (χ4v) is 4.84. The minimum Gasteiger partial charge on any atom is -0.461 e. The average molecular weight is 725 g/mol. The van der Waals surface area contributed by atoms with Crippen molar-refractivity contribution in [3.8, 4) is 11.5 Å². The second kappa shape index (κ2) is 15.6. The van der Waals surface area contributed by atoms with Crippen LogP contribution in [-0.2, 0) is 37.0 Å². The first-order valence-corrected chi connectivity index (χ1v) is 15.0. The lowest BCUT2D eigenvalue weighted by molar-refractivity contribution is -0.281. The van der Waals surface area contributed by atoms with Gasteiger partial charge in [-0.2, -0.15) is 0 Å². The summed E-state index contributed by atoms with van der Waals surface area (Å²) in [5.41, 5.74) is 1.77. The summed E-state index contributed by atoms with van der Waals surface area (Å²) in [6.45, 7) is -0.0342. The molecule has 1 saturated heterocycles. The van der Waals surface area contributed by atoms with E-state index in [4.69, 9.17) is 28.4 Å². The van der Waals surface area contributed by atoms with Crippen molar-refractivity contribution in [2.75, 3.05) is 0 Å². The van der Waals surface area contributed by atoms with Crippen LogP contribution in [0.1, 0.15) is 21.5 Å². The van der Waals surface area contributed by atoms with Gasteiger partial charge in [0, 0.05) is 0 Å². The van der Waals surface area contributed by atoms with Gasteiger partial charge in [0.05, 0.1) is 34.8 Å². The van der Waals surface area contributed by atoms with E-state index in [1.165, 1.54) is 46.9 Å². The summed E-state index contributed by atoms with van der Waals surface area (Å²) >= 11 is 1.51. The largest absolute Gasteiger partial charge is 0.461 e. The molecule has 1 heterocycles. The van der Waals surface area contributed by atoms with Gasteiger partial charge in [0.15, 0.2) is 12.2 Å². The van der Waals surface area contributed by atoms with Crippen molar-refractivity contribution < 1.29 is 47.9 Å². The SMILES string of the molecule is O=C(I)Oc1ccc(OC2OC(C(=O)OCc3ccccc3)C(O)C(OCc3ccccc3)C2OC(=O)c2ccccc2)cc1. The number of aliphatic hydroxyl groups is 1. The van der Waals surface area contributed by atoms with Crippen LogP contribution in [0.25, 0.3) is 0 Å². The first-order valence-electron chi connectivity index (χ1n) is 14.0. The molecule has 5 rings (SSSR count). The maximum Gasteiger partial charge on any atom is 0.372 e. The third-order valence-corrected chi connectivity index (χ3v) is 7.01. The van der Waals surface area contributed by atoms with Crippen LogP contribution < -0.4 is 9.47 Å². The third kappa shape index (κ3) is 8.88. The Balaban J connectivity index is 1.44. The van der Waals surface area contributed by atoms with E-state index in [0.717, 1.165) is 11.1 Å². The molecule has 0 amide bonds. The van der Waals surface area contributed by atoms with Gasteiger partial charge in [0.2, 0.25) is 6.29 Å². The molecule has 1 aliphatic rings. The van der Waals surface area contributed by atoms with Crippen molar-refractivity contribution in [2.45, 2.75) is 43.9 Å². The zero-order valence-electron chi connectivity index (χ0n) is 23.8. The van der Waals surface area contributed by atoms with E-state index >= 15 is 0 Å². The van der Waals surface area contributed by atoms with Crippen LogP contribution in [0.2, 0.25) is 0 Å². The second-order valence-corrected chi connectivity index (χ2v) is 10.8. The first-order chi connectivity index (χ1) is 21.9. The summed E-state index contributed by atoms with van der Waals surface area (Å²) in [5.74, 6) is -1.05. The van der Waals surface area contributed by atoms with Gasteiger partial charge in [-0.05, 0) is 47.5 Å². The Kier molecular flexibility index (Phi) is 11.1. The molecule has 0 aliphatic carbocycles. The van der Waals surface area contributed by atoms with Gasteiger partial charge < -0.3 is 33.5 Å². The number of carbonyl (C=O) groups is 3. The number of ether oxygens (including phenoxy) is 6. The summed E-state index contributed by atoms with van der Waals surface area (Å²) < 4.78 is 34.2. The Morgan fingerprint density at radius 2 is 1.27 bits per heavy atom. The molecule has 0 spiro atoms. The van der Waals surface area contributed by atoms with Crippen LogP contribution in [0, 0.1) is 0 Å². The predicted molar refractivity (Wildman–Crippen MR) is 169 cm³/mol. The smallest absolute Gasteiger partial charge is 0.372 e. The molecule has 45 heavy (non-hydrogen) atoms. The Morgan fingerprint density at radius 1 is 0.711 bits per heavy atom. The molecular formula is C34H29IO10. The molecular weight excluding hydrogens is 695 g/mol. The summed E-state index contributed by atoms with van der Waals surface area (Å²) in [6, 6.07) is 32.6. The highest BCUT2D eigenvalue weighted by atomic mass is 127. The number of benzene rings is 4. The number of hydrogen-bond acceptors (Lipinski definition) is 10. The monoisotopic (exact) mass is 724 g/mol. The highest BCUT2D eigenvalue weighted by Gasteiger charge is 2.52. The molecule has 0 aromatic heterocycles. The molecule has 232 valence electrons. The summed E-state index contributed by atoms with van der Waals surface area (Å²) in [5, 5.41) is 11.5. The standard InChI is InChI=1S/C34H29IO10/c35-34(39)43-26-18-16-25(17-19-26)42-33-30(44-31(37)24-14-8-3-9-15-24)28(40-20-22-10-4-1-5-11-22)27(36)29(45-33)32(38)41-21-23-12-6-2-7-13-23/h1-19,27-30,33,36H,20-21H2. The molecule has 1 N–H and O–H groups in total. The van der Waals surface area contributed by atoms with Crippen molar-refractivity contribution in [3.63, 3.8) is 0 Å². The molecule has 1 fully saturated rings. The molecule has 11 heteroatoms. The average Bonchev–Trinajstić information content (AvgIpc) is 3.06. The lowest BCUT2D eigenvalue weighted by Gasteiger charge is -2.42. The van der Waals surface area contributed by atoms with Gasteiger partial charge in [-0.25, -0.2) is 14.4 Å². The number of halogens is 1.